The molecule has 9 heteroatoms. The minimum Gasteiger partial charge on any atom is -0.466 e. The molecule has 1 aliphatic rings. The summed E-state index contributed by atoms with van der Waals surface area (Å²) in [6, 6.07) is 6.76. The lowest BCUT2D eigenvalue weighted by Gasteiger charge is -2.40. The standard InChI is InChI=1S/C21H24N2O7/c1-11(24)23-10-9-15-14-7-5-6-8-16(14)22-17(15)18(23)19(29-12(2)25)20(21(27)28-4)30-13(3)26/h5-8,18-20,22H,9-10H2,1-4H3/t18-,19+,20-/m1/s1. The van der Waals surface area contributed by atoms with Gasteiger partial charge >= 0.3 is 17.9 Å². The molecule has 160 valence electrons. The van der Waals surface area contributed by atoms with Crippen LogP contribution in [0.2, 0.25) is 0 Å². The molecule has 0 aliphatic carbocycles. The van der Waals surface area contributed by atoms with Crippen molar-refractivity contribution in [2.45, 2.75) is 45.4 Å². The number of esters is 3. The van der Waals surface area contributed by atoms with Gasteiger partial charge in [0.05, 0.1) is 7.11 Å². The van der Waals surface area contributed by atoms with E-state index >= 15 is 0 Å². The van der Waals surface area contributed by atoms with Gasteiger partial charge in [-0.2, -0.15) is 0 Å². The third-order valence-electron chi connectivity index (χ3n) is 5.12. The molecule has 0 radical (unpaired) electrons. The van der Waals surface area contributed by atoms with Gasteiger partial charge in [-0.05, 0) is 18.1 Å². The van der Waals surface area contributed by atoms with Crippen molar-refractivity contribution in [2.75, 3.05) is 13.7 Å². The van der Waals surface area contributed by atoms with Crippen LogP contribution in [0.5, 0.6) is 0 Å². The van der Waals surface area contributed by atoms with Gasteiger partial charge in [0, 0.05) is 43.9 Å². The number of hydrogen-bond donors (Lipinski definition) is 1. The quantitative estimate of drug-likeness (QED) is 0.582. The van der Waals surface area contributed by atoms with E-state index in [-0.39, 0.29) is 5.91 Å². The van der Waals surface area contributed by atoms with Gasteiger partial charge in [-0.1, -0.05) is 18.2 Å². The van der Waals surface area contributed by atoms with Crippen molar-refractivity contribution in [2.24, 2.45) is 0 Å². The molecule has 1 aromatic heterocycles. The Hall–Kier alpha value is -3.36. The minimum absolute atomic E-state index is 0.270. The fourth-order valence-electron chi connectivity index (χ4n) is 3.99. The number of H-pyrrole nitrogens is 1. The third kappa shape index (κ3) is 4.00. The topological polar surface area (TPSA) is 115 Å². The number of aromatic amines is 1. The van der Waals surface area contributed by atoms with E-state index in [0.717, 1.165) is 30.5 Å². The molecule has 2 heterocycles. The number of ether oxygens (including phenoxy) is 3. The average molecular weight is 416 g/mol. The van der Waals surface area contributed by atoms with Crippen LogP contribution in [0.15, 0.2) is 24.3 Å². The number of aromatic nitrogens is 1. The highest BCUT2D eigenvalue weighted by atomic mass is 16.6. The number of para-hydroxylation sites is 1. The molecule has 2 aromatic rings. The molecule has 0 saturated heterocycles. The summed E-state index contributed by atoms with van der Waals surface area (Å²) in [6.45, 7) is 4.06. The second-order valence-corrected chi connectivity index (χ2v) is 7.10. The van der Waals surface area contributed by atoms with Gasteiger partial charge in [-0.15, -0.1) is 0 Å². The molecule has 0 fully saturated rings. The van der Waals surface area contributed by atoms with Crippen molar-refractivity contribution in [3.05, 3.63) is 35.5 Å². The number of amides is 1. The maximum atomic E-state index is 12.5. The van der Waals surface area contributed by atoms with E-state index < -0.39 is 36.2 Å². The zero-order valence-electron chi connectivity index (χ0n) is 17.3. The van der Waals surface area contributed by atoms with E-state index in [0.29, 0.717) is 18.7 Å². The largest absolute Gasteiger partial charge is 0.466 e. The summed E-state index contributed by atoms with van der Waals surface area (Å²) in [4.78, 5) is 53.3. The zero-order valence-corrected chi connectivity index (χ0v) is 17.3. The predicted octanol–water partition coefficient (Wildman–Crippen LogP) is 1.65. The van der Waals surface area contributed by atoms with Crippen LogP contribution >= 0.6 is 0 Å². The first-order valence-electron chi connectivity index (χ1n) is 9.53. The normalized spacial score (nSPS) is 17.6. The van der Waals surface area contributed by atoms with Crippen LogP contribution in [0.25, 0.3) is 10.9 Å². The molecule has 9 nitrogen and oxygen atoms in total. The molecule has 0 spiro atoms. The number of carbonyl (C=O) groups is 4. The lowest BCUT2D eigenvalue weighted by molar-refractivity contribution is -0.186. The zero-order chi connectivity index (χ0) is 22.0. The molecule has 1 aromatic carbocycles. The SMILES string of the molecule is COC(=O)[C@H](OC(C)=O)[C@@H](OC(C)=O)[C@H]1c2[nH]c3ccccc3c2CCN1C(C)=O. The summed E-state index contributed by atoms with van der Waals surface area (Å²) in [6.07, 6.45) is -2.26. The fraction of sp³-hybridized carbons (Fsp3) is 0.429. The van der Waals surface area contributed by atoms with E-state index in [1.165, 1.54) is 18.7 Å². The summed E-state index contributed by atoms with van der Waals surface area (Å²) in [5, 5.41) is 0.976. The Labute approximate surface area is 173 Å². The monoisotopic (exact) mass is 416 g/mol. The summed E-state index contributed by atoms with van der Waals surface area (Å²) < 4.78 is 15.5. The smallest absolute Gasteiger partial charge is 0.351 e. The van der Waals surface area contributed by atoms with Crippen molar-refractivity contribution < 1.29 is 33.4 Å². The Bertz CT molecular complexity index is 996. The Morgan fingerprint density at radius 1 is 1.07 bits per heavy atom. The van der Waals surface area contributed by atoms with Gasteiger partial charge in [0.1, 0.15) is 6.04 Å². The maximum absolute atomic E-state index is 12.5. The van der Waals surface area contributed by atoms with Crippen LogP contribution in [-0.2, 0) is 39.8 Å². The number of benzene rings is 1. The average Bonchev–Trinajstić information content (AvgIpc) is 3.07. The van der Waals surface area contributed by atoms with Crippen LogP contribution in [-0.4, -0.2) is 59.6 Å². The van der Waals surface area contributed by atoms with E-state index in [4.69, 9.17) is 14.2 Å². The molecular weight excluding hydrogens is 392 g/mol. The van der Waals surface area contributed by atoms with Crippen LogP contribution in [0.1, 0.15) is 38.1 Å². The number of nitrogens with zero attached hydrogens (tertiary/aromatic N) is 1. The highest BCUT2D eigenvalue weighted by molar-refractivity contribution is 5.86. The van der Waals surface area contributed by atoms with E-state index in [1.54, 1.807) is 0 Å². The number of nitrogens with one attached hydrogen (secondary N) is 1. The number of methoxy groups -OCH3 is 1. The second-order valence-electron chi connectivity index (χ2n) is 7.10. The molecule has 0 unspecified atom stereocenters. The van der Waals surface area contributed by atoms with Crippen molar-refractivity contribution >= 4 is 34.7 Å². The van der Waals surface area contributed by atoms with Crippen molar-refractivity contribution in [1.29, 1.82) is 0 Å². The lowest BCUT2D eigenvalue weighted by Crippen LogP contribution is -2.52. The summed E-state index contributed by atoms with van der Waals surface area (Å²) in [7, 11) is 1.14. The Morgan fingerprint density at radius 2 is 1.73 bits per heavy atom. The van der Waals surface area contributed by atoms with Crippen molar-refractivity contribution in [3.8, 4) is 0 Å². The summed E-state index contributed by atoms with van der Waals surface area (Å²) >= 11 is 0. The number of hydrogen-bond acceptors (Lipinski definition) is 7. The maximum Gasteiger partial charge on any atom is 0.351 e. The van der Waals surface area contributed by atoms with Crippen LogP contribution < -0.4 is 0 Å². The van der Waals surface area contributed by atoms with Gasteiger partial charge in [-0.25, -0.2) is 4.79 Å². The Morgan fingerprint density at radius 3 is 2.33 bits per heavy atom. The fourth-order valence-corrected chi connectivity index (χ4v) is 3.99. The first-order chi connectivity index (χ1) is 14.2. The molecule has 3 rings (SSSR count). The van der Waals surface area contributed by atoms with Crippen LogP contribution in [0, 0.1) is 0 Å². The van der Waals surface area contributed by atoms with Gasteiger partial charge in [0.15, 0.2) is 6.10 Å². The number of rotatable bonds is 5. The second kappa shape index (κ2) is 8.56. The third-order valence-corrected chi connectivity index (χ3v) is 5.12. The van der Waals surface area contributed by atoms with E-state index in [1.807, 2.05) is 24.3 Å². The lowest BCUT2D eigenvalue weighted by atomic mass is 9.91. The van der Waals surface area contributed by atoms with Gasteiger partial charge < -0.3 is 24.1 Å². The molecule has 0 saturated carbocycles. The van der Waals surface area contributed by atoms with Crippen LogP contribution in [0.4, 0.5) is 0 Å². The Kier molecular flexibility index (Phi) is 6.09. The highest BCUT2D eigenvalue weighted by Gasteiger charge is 2.47. The van der Waals surface area contributed by atoms with E-state index in [2.05, 4.69) is 4.98 Å². The molecule has 1 amide bonds. The number of carbonyl (C=O) groups excluding carboxylic acids is 4. The van der Waals surface area contributed by atoms with Gasteiger partial charge in [0.2, 0.25) is 12.0 Å². The molecule has 0 bridgehead atoms. The van der Waals surface area contributed by atoms with Gasteiger partial charge in [-0.3, -0.25) is 14.4 Å². The van der Waals surface area contributed by atoms with E-state index in [9.17, 15) is 19.2 Å². The summed E-state index contributed by atoms with van der Waals surface area (Å²) in [5.41, 5.74) is 2.43. The molecule has 1 N–H and O–H groups in total. The highest BCUT2D eigenvalue weighted by Crippen LogP contribution is 2.39. The first kappa shape index (κ1) is 21.4. The first-order valence-corrected chi connectivity index (χ1v) is 9.53. The predicted molar refractivity (Wildman–Crippen MR) is 105 cm³/mol. The molecule has 1 aliphatic heterocycles. The molecular formula is C21H24N2O7. The van der Waals surface area contributed by atoms with Gasteiger partial charge in [0.25, 0.3) is 0 Å². The minimum atomic E-state index is -1.54. The Balaban J connectivity index is 2.20. The number of fused-ring (bicyclic) bond motifs is 3. The molecule has 3 atom stereocenters. The van der Waals surface area contributed by atoms with Crippen molar-refractivity contribution in [1.82, 2.24) is 9.88 Å². The van der Waals surface area contributed by atoms with Crippen molar-refractivity contribution in [3.63, 3.8) is 0 Å². The summed E-state index contributed by atoms with van der Waals surface area (Å²) in [5.74, 6) is -2.59. The van der Waals surface area contributed by atoms with Crippen LogP contribution in [0.3, 0.4) is 0 Å². The molecule has 30 heavy (non-hydrogen) atoms.